The first kappa shape index (κ1) is 22.7. The summed E-state index contributed by atoms with van der Waals surface area (Å²) in [5, 5.41) is 0.651. The minimum absolute atomic E-state index is 0.0225. The monoisotopic (exact) mass is 472 g/mol. The number of hydrogen-bond donors (Lipinski definition) is 1. The average molecular weight is 473 g/mol. The maximum Gasteiger partial charge on any atom is 0.265 e. The van der Waals surface area contributed by atoms with E-state index < -0.39 is 10.0 Å². The van der Waals surface area contributed by atoms with Gasteiger partial charge in [0.25, 0.3) is 5.91 Å². The van der Waals surface area contributed by atoms with Gasteiger partial charge in [-0.05, 0) is 44.7 Å². The van der Waals surface area contributed by atoms with E-state index in [4.69, 9.17) is 0 Å². The molecule has 0 aliphatic carbocycles. The summed E-state index contributed by atoms with van der Waals surface area (Å²) in [6.45, 7) is 5.40. The Hall–Kier alpha value is -2.49. The van der Waals surface area contributed by atoms with Crippen LogP contribution in [0.25, 0.3) is 10.7 Å². The van der Waals surface area contributed by atoms with E-state index in [1.807, 2.05) is 53.8 Å². The van der Waals surface area contributed by atoms with Crippen LogP contribution in [0.2, 0.25) is 0 Å². The van der Waals surface area contributed by atoms with Crippen LogP contribution in [0.5, 0.6) is 0 Å². The first-order valence-electron chi connectivity index (χ1n) is 10.7. The van der Waals surface area contributed by atoms with Gasteiger partial charge in [-0.1, -0.05) is 30.3 Å². The summed E-state index contributed by atoms with van der Waals surface area (Å²) in [7, 11) is -1.88. The number of rotatable bonds is 6. The van der Waals surface area contributed by atoms with Crippen molar-refractivity contribution in [3.05, 3.63) is 58.2 Å². The molecule has 1 fully saturated rings. The highest BCUT2D eigenvalue weighted by atomic mass is 32.2. The molecule has 170 valence electrons. The van der Waals surface area contributed by atoms with E-state index in [-0.39, 0.29) is 17.3 Å². The summed E-state index contributed by atoms with van der Waals surface area (Å²) >= 11 is 1.33. The largest absolute Gasteiger partial charge is 0.345 e. The third-order valence-electron chi connectivity index (χ3n) is 5.94. The fourth-order valence-corrected chi connectivity index (χ4v) is 6.34. The summed E-state index contributed by atoms with van der Waals surface area (Å²) in [4.78, 5) is 20.4. The number of aromatic nitrogens is 2. The van der Waals surface area contributed by atoms with E-state index in [0.29, 0.717) is 27.0 Å². The van der Waals surface area contributed by atoms with Crippen molar-refractivity contribution in [3.8, 4) is 10.7 Å². The Morgan fingerprint density at radius 3 is 2.50 bits per heavy atom. The van der Waals surface area contributed by atoms with Crippen LogP contribution in [0.1, 0.15) is 45.9 Å². The van der Waals surface area contributed by atoms with Crippen LogP contribution >= 0.6 is 11.3 Å². The number of piperidine rings is 1. The van der Waals surface area contributed by atoms with E-state index in [2.05, 4.69) is 9.71 Å². The molecule has 1 aliphatic heterocycles. The third-order valence-corrected chi connectivity index (χ3v) is 8.63. The summed E-state index contributed by atoms with van der Waals surface area (Å²) in [5.41, 5.74) is 2.89. The molecule has 0 bridgehead atoms. The van der Waals surface area contributed by atoms with Crippen LogP contribution in [-0.2, 0) is 23.6 Å². The van der Waals surface area contributed by atoms with Crippen molar-refractivity contribution in [2.24, 2.45) is 7.05 Å². The van der Waals surface area contributed by atoms with Crippen molar-refractivity contribution >= 4 is 27.3 Å². The molecule has 0 spiro atoms. The number of benzene rings is 1. The Morgan fingerprint density at radius 1 is 1.12 bits per heavy atom. The van der Waals surface area contributed by atoms with Gasteiger partial charge in [0.05, 0.1) is 11.4 Å². The molecule has 4 rings (SSSR count). The SMILES string of the molecule is Cc1nc(-c2cc(S(=O)(=O)NCc3ccccc3)c(C)n2C)sc1C(=O)N1CCCCC1. The highest BCUT2D eigenvalue weighted by molar-refractivity contribution is 7.89. The standard InChI is InChI=1S/C23H28N4O3S2/c1-16-21(23(28)27-12-8-5-9-13-27)31-22(25-16)19-14-20(17(2)26(19)3)32(29,30)24-15-18-10-6-4-7-11-18/h4,6-7,10-11,14,24H,5,8-9,12-13,15H2,1-3H3. The van der Waals surface area contributed by atoms with E-state index in [9.17, 15) is 13.2 Å². The van der Waals surface area contributed by atoms with Crippen LogP contribution in [0.3, 0.4) is 0 Å². The lowest BCUT2D eigenvalue weighted by molar-refractivity contribution is 0.0728. The van der Waals surface area contributed by atoms with Gasteiger partial charge < -0.3 is 9.47 Å². The number of nitrogens with zero attached hydrogens (tertiary/aromatic N) is 3. The second-order valence-corrected chi connectivity index (χ2v) is 10.9. The minimum atomic E-state index is -3.70. The van der Waals surface area contributed by atoms with Crippen LogP contribution in [0.15, 0.2) is 41.3 Å². The molecule has 7 nitrogen and oxygen atoms in total. The number of carbonyl (C=O) groups is 1. The van der Waals surface area contributed by atoms with E-state index in [1.54, 1.807) is 13.0 Å². The number of carbonyl (C=O) groups excluding carboxylic acids is 1. The van der Waals surface area contributed by atoms with Gasteiger partial charge in [0.15, 0.2) is 0 Å². The van der Waals surface area contributed by atoms with Crippen LogP contribution in [0.4, 0.5) is 0 Å². The molecular formula is C23H28N4O3S2. The van der Waals surface area contributed by atoms with Crippen molar-refractivity contribution in [1.29, 1.82) is 0 Å². The molecule has 9 heteroatoms. The quantitative estimate of drug-likeness (QED) is 0.590. The Balaban J connectivity index is 1.60. The molecule has 3 aromatic rings. The smallest absolute Gasteiger partial charge is 0.265 e. The van der Waals surface area contributed by atoms with Gasteiger partial charge in [0.2, 0.25) is 10.0 Å². The fraction of sp³-hybridized carbons (Fsp3) is 0.391. The molecule has 1 amide bonds. The van der Waals surface area contributed by atoms with Crippen LogP contribution in [-0.4, -0.2) is 41.9 Å². The van der Waals surface area contributed by atoms with Gasteiger partial charge in [-0.25, -0.2) is 18.1 Å². The van der Waals surface area contributed by atoms with Crippen LogP contribution in [0, 0.1) is 13.8 Å². The molecule has 1 saturated heterocycles. The molecule has 0 radical (unpaired) electrons. The second kappa shape index (κ2) is 9.17. The highest BCUT2D eigenvalue weighted by Gasteiger charge is 2.27. The zero-order valence-electron chi connectivity index (χ0n) is 18.6. The number of sulfonamides is 1. The van der Waals surface area contributed by atoms with Crippen molar-refractivity contribution in [2.75, 3.05) is 13.1 Å². The average Bonchev–Trinajstić information content (AvgIpc) is 3.33. The lowest BCUT2D eigenvalue weighted by Gasteiger charge is -2.26. The van der Waals surface area contributed by atoms with Gasteiger partial charge in [-0.2, -0.15) is 0 Å². The summed E-state index contributed by atoms with van der Waals surface area (Å²) in [5.74, 6) is 0.0225. The third kappa shape index (κ3) is 4.51. The number of aryl methyl sites for hydroxylation is 1. The Labute approximate surface area is 193 Å². The molecule has 1 aromatic carbocycles. The molecule has 32 heavy (non-hydrogen) atoms. The lowest BCUT2D eigenvalue weighted by Crippen LogP contribution is -2.35. The maximum atomic E-state index is 13.0. The summed E-state index contributed by atoms with van der Waals surface area (Å²) in [6, 6.07) is 11.1. The zero-order chi connectivity index (χ0) is 22.9. The lowest BCUT2D eigenvalue weighted by atomic mass is 10.1. The number of amides is 1. The van der Waals surface area contributed by atoms with Crippen molar-refractivity contribution < 1.29 is 13.2 Å². The van der Waals surface area contributed by atoms with E-state index in [1.165, 1.54) is 11.3 Å². The Kier molecular flexibility index (Phi) is 6.50. The Morgan fingerprint density at radius 2 is 1.81 bits per heavy atom. The molecule has 1 N–H and O–H groups in total. The van der Waals surface area contributed by atoms with Crippen LogP contribution < -0.4 is 4.72 Å². The van der Waals surface area contributed by atoms with Gasteiger partial charge in [-0.15, -0.1) is 11.3 Å². The van der Waals surface area contributed by atoms with E-state index >= 15 is 0 Å². The van der Waals surface area contributed by atoms with Crippen molar-refractivity contribution in [1.82, 2.24) is 19.2 Å². The predicted molar refractivity (Wildman–Crippen MR) is 126 cm³/mol. The number of nitrogens with one attached hydrogen (secondary N) is 1. The van der Waals surface area contributed by atoms with Crippen molar-refractivity contribution in [2.45, 2.75) is 44.6 Å². The number of hydrogen-bond acceptors (Lipinski definition) is 5. The first-order valence-corrected chi connectivity index (χ1v) is 13.0. The summed E-state index contributed by atoms with van der Waals surface area (Å²) < 4.78 is 30.5. The Bertz CT molecular complexity index is 1220. The van der Waals surface area contributed by atoms with Gasteiger partial charge in [0.1, 0.15) is 14.8 Å². The topological polar surface area (TPSA) is 84.3 Å². The minimum Gasteiger partial charge on any atom is -0.345 e. The van der Waals surface area contributed by atoms with E-state index in [0.717, 1.165) is 37.9 Å². The molecule has 0 saturated carbocycles. The molecule has 0 unspecified atom stereocenters. The predicted octanol–water partition coefficient (Wildman–Crippen LogP) is 3.87. The van der Waals surface area contributed by atoms with Gasteiger partial charge >= 0.3 is 0 Å². The number of thiazole rings is 1. The normalized spacial score (nSPS) is 14.7. The molecule has 2 aromatic heterocycles. The van der Waals surface area contributed by atoms with Gasteiger partial charge in [0, 0.05) is 32.4 Å². The highest BCUT2D eigenvalue weighted by Crippen LogP contribution is 2.33. The molecule has 3 heterocycles. The molecule has 1 aliphatic rings. The first-order chi connectivity index (χ1) is 15.3. The van der Waals surface area contributed by atoms with Gasteiger partial charge in [-0.3, -0.25) is 4.79 Å². The molecular weight excluding hydrogens is 444 g/mol. The van der Waals surface area contributed by atoms with Crippen molar-refractivity contribution in [3.63, 3.8) is 0 Å². The molecule has 0 atom stereocenters. The summed E-state index contributed by atoms with van der Waals surface area (Å²) in [6.07, 6.45) is 3.23. The maximum absolute atomic E-state index is 13.0. The number of likely N-dealkylation sites (tertiary alicyclic amines) is 1. The zero-order valence-corrected chi connectivity index (χ0v) is 20.2. The second-order valence-electron chi connectivity index (χ2n) is 8.13. The fourth-order valence-electron chi connectivity index (χ4n) is 3.95.